The summed E-state index contributed by atoms with van der Waals surface area (Å²) >= 11 is 0. The zero-order valence-electron chi connectivity index (χ0n) is 7.96. The molecule has 0 aliphatic carbocycles. The predicted molar refractivity (Wildman–Crippen MR) is 52.0 cm³/mol. The SMILES string of the molecule is [N-]=[N+]=C(CO)C(=O)OCc1ccccc1. The first-order valence-corrected chi connectivity index (χ1v) is 4.30. The van der Waals surface area contributed by atoms with Crippen LogP contribution in [0.1, 0.15) is 5.56 Å². The van der Waals surface area contributed by atoms with Gasteiger partial charge in [0.2, 0.25) is 0 Å². The number of aliphatic hydroxyl groups excluding tert-OH is 1. The Morgan fingerprint density at radius 2 is 2.07 bits per heavy atom. The number of ether oxygens (including phenoxy) is 1. The Morgan fingerprint density at radius 3 is 2.60 bits per heavy atom. The molecule has 0 saturated heterocycles. The molecular weight excluding hydrogens is 196 g/mol. The van der Waals surface area contributed by atoms with Gasteiger partial charge in [-0.2, -0.15) is 4.79 Å². The first kappa shape index (κ1) is 11.1. The Balaban J connectivity index is 2.51. The van der Waals surface area contributed by atoms with Crippen LogP contribution >= 0.6 is 0 Å². The summed E-state index contributed by atoms with van der Waals surface area (Å²) in [5, 5.41) is 8.60. The lowest BCUT2D eigenvalue weighted by molar-refractivity contribution is -0.142. The average molecular weight is 206 g/mol. The highest BCUT2D eigenvalue weighted by Gasteiger charge is 2.20. The molecule has 0 fully saturated rings. The van der Waals surface area contributed by atoms with Crippen molar-refractivity contribution in [2.75, 3.05) is 6.61 Å². The van der Waals surface area contributed by atoms with Gasteiger partial charge in [-0.3, -0.25) is 0 Å². The van der Waals surface area contributed by atoms with Crippen LogP contribution in [0.15, 0.2) is 30.3 Å². The minimum Gasteiger partial charge on any atom is -0.452 e. The van der Waals surface area contributed by atoms with Crippen LogP contribution in [-0.2, 0) is 16.1 Å². The van der Waals surface area contributed by atoms with Crippen LogP contribution < -0.4 is 0 Å². The van der Waals surface area contributed by atoms with Crippen molar-refractivity contribution in [1.82, 2.24) is 0 Å². The third-order valence-corrected chi connectivity index (χ3v) is 1.72. The van der Waals surface area contributed by atoms with Gasteiger partial charge in [0.05, 0.1) is 0 Å². The van der Waals surface area contributed by atoms with E-state index >= 15 is 0 Å². The summed E-state index contributed by atoms with van der Waals surface area (Å²) < 4.78 is 4.78. The smallest absolute Gasteiger partial charge is 0.419 e. The largest absolute Gasteiger partial charge is 0.452 e. The van der Waals surface area contributed by atoms with Gasteiger partial charge in [-0.15, -0.1) is 0 Å². The molecule has 0 aliphatic rings. The fourth-order valence-corrected chi connectivity index (χ4v) is 0.943. The van der Waals surface area contributed by atoms with Gasteiger partial charge in [0.1, 0.15) is 6.61 Å². The monoisotopic (exact) mass is 206 g/mol. The molecular formula is C10H10N2O3. The standard InChI is InChI=1S/C10H10N2O3/c11-12-9(6-13)10(14)15-7-8-4-2-1-3-5-8/h1-5,13H,6-7H2. The molecule has 0 spiro atoms. The molecule has 0 saturated carbocycles. The summed E-state index contributed by atoms with van der Waals surface area (Å²) in [7, 11) is 0. The van der Waals surface area contributed by atoms with Gasteiger partial charge >= 0.3 is 11.7 Å². The number of hydrogen-bond acceptors (Lipinski definition) is 3. The number of benzene rings is 1. The van der Waals surface area contributed by atoms with Crippen molar-refractivity contribution in [2.24, 2.45) is 0 Å². The zero-order chi connectivity index (χ0) is 11.1. The lowest BCUT2D eigenvalue weighted by atomic mass is 10.2. The fraction of sp³-hybridized carbons (Fsp3) is 0.200. The Labute approximate surface area is 86.5 Å². The molecule has 5 nitrogen and oxygen atoms in total. The lowest BCUT2D eigenvalue weighted by Crippen LogP contribution is -2.21. The second-order valence-corrected chi connectivity index (χ2v) is 2.77. The molecule has 0 amide bonds. The molecule has 1 aromatic carbocycles. The maximum absolute atomic E-state index is 11.1. The molecule has 1 aromatic rings. The van der Waals surface area contributed by atoms with Crippen molar-refractivity contribution in [2.45, 2.75) is 6.61 Å². The molecule has 78 valence electrons. The molecule has 1 rings (SSSR count). The van der Waals surface area contributed by atoms with E-state index in [0.717, 1.165) is 5.56 Å². The number of carbonyl (C=O) groups is 1. The van der Waals surface area contributed by atoms with Crippen LogP contribution in [0.5, 0.6) is 0 Å². The van der Waals surface area contributed by atoms with Gasteiger partial charge in [-0.1, -0.05) is 30.3 Å². The maximum atomic E-state index is 11.1. The Hall–Kier alpha value is -1.97. The minimum absolute atomic E-state index is 0.0820. The number of rotatable bonds is 4. The van der Waals surface area contributed by atoms with Crippen molar-refractivity contribution in [3.63, 3.8) is 0 Å². The van der Waals surface area contributed by atoms with E-state index in [-0.39, 0.29) is 6.61 Å². The molecule has 0 aliphatic heterocycles. The third kappa shape index (κ3) is 3.34. The van der Waals surface area contributed by atoms with Gasteiger partial charge in [-0.05, 0) is 5.56 Å². The van der Waals surface area contributed by atoms with Crippen LogP contribution in [0.25, 0.3) is 5.53 Å². The van der Waals surface area contributed by atoms with Gasteiger partial charge in [0.25, 0.3) is 0 Å². The summed E-state index contributed by atoms with van der Waals surface area (Å²) in [6.07, 6.45) is 0. The number of esters is 1. The molecule has 0 bridgehead atoms. The van der Waals surface area contributed by atoms with Crippen LogP contribution in [0.2, 0.25) is 0 Å². The molecule has 5 heteroatoms. The Bertz CT molecular complexity index is 383. The highest BCUT2D eigenvalue weighted by Crippen LogP contribution is 2.00. The number of aliphatic hydroxyl groups is 1. The zero-order valence-corrected chi connectivity index (χ0v) is 7.96. The van der Waals surface area contributed by atoms with Crippen LogP contribution in [-0.4, -0.2) is 28.2 Å². The molecule has 15 heavy (non-hydrogen) atoms. The van der Waals surface area contributed by atoms with Crippen molar-refractivity contribution in [3.8, 4) is 0 Å². The van der Waals surface area contributed by atoms with Crippen LogP contribution in [0, 0.1) is 0 Å². The first-order chi connectivity index (χ1) is 7.27. The minimum atomic E-state index is -0.830. The van der Waals surface area contributed by atoms with E-state index < -0.39 is 18.3 Å². The maximum Gasteiger partial charge on any atom is 0.419 e. The Morgan fingerprint density at radius 1 is 1.40 bits per heavy atom. The summed E-state index contributed by atoms with van der Waals surface area (Å²) in [6, 6.07) is 9.07. The lowest BCUT2D eigenvalue weighted by Gasteiger charge is -2.00. The van der Waals surface area contributed by atoms with E-state index in [4.69, 9.17) is 15.4 Å². The van der Waals surface area contributed by atoms with Crippen molar-refractivity contribution < 1.29 is 19.4 Å². The highest BCUT2D eigenvalue weighted by atomic mass is 16.5. The molecule has 0 atom stereocenters. The number of hydrogen-bond donors (Lipinski definition) is 1. The molecule has 0 aromatic heterocycles. The highest BCUT2D eigenvalue weighted by molar-refractivity contribution is 6.34. The van der Waals surface area contributed by atoms with E-state index in [1.54, 1.807) is 12.1 Å². The van der Waals surface area contributed by atoms with Crippen molar-refractivity contribution in [1.29, 1.82) is 0 Å². The van der Waals surface area contributed by atoms with E-state index in [9.17, 15) is 4.79 Å². The van der Waals surface area contributed by atoms with Gasteiger partial charge in [-0.25, -0.2) is 4.79 Å². The van der Waals surface area contributed by atoms with Gasteiger partial charge in [0, 0.05) is 0 Å². The van der Waals surface area contributed by atoms with Gasteiger partial charge < -0.3 is 15.4 Å². The van der Waals surface area contributed by atoms with Crippen LogP contribution in [0.3, 0.4) is 0 Å². The van der Waals surface area contributed by atoms with E-state index in [1.165, 1.54) is 0 Å². The Kier molecular flexibility index (Phi) is 4.22. The summed E-state index contributed by atoms with van der Waals surface area (Å²) in [4.78, 5) is 13.7. The van der Waals surface area contributed by atoms with Gasteiger partial charge in [0.15, 0.2) is 6.61 Å². The predicted octanol–water partition coefficient (Wildman–Crippen LogP) is 0.393. The second kappa shape index (κ2) is 5.70. The quantitative estimate of drug-likeness (QED) is 0.335. The molecule has 0 heterocycles. The summed E-state index contributed by atoms with van der Waals surface area (Å²) in [5.74, 6) is -0.830. The molecule has 0 radical (unpaired) electrons. The van der Waals surface area contributed by atoms with Crippen LogP contribution in [0.4, 0.5) is 0 Å². The topological polar surface area (TPSA) is 82.9 Å². The summed E-state index contributed by atoms with van der Waals surface area (Å²) in [5.41, 5.74) is 8.73. The normalized spacial score (nSPS) is 9.13. The average Bonchev–Trinajstić information content (AvgIpc) is 2.29. The fourth-order valence-electron chi connectivity index (χ4n) is 0.943. The van der Waals surface area contributed by atoms with E-state index in [1.807, 2.05) is 18.2 Å². The number of carbonyl (C=O) groups excluding carboxylic acids is 1. The van der Waals surface area contributed by atoms with E-state index in [2.05, 4.69) is 4.79 Å². The molecule has 1 N–H and O–H groups in total. The summed E-state index contributed by atoms with van der Waals surface area (Å²) in [6.45, 7) is -0.567. The van der Waals surface area contributed by atoms with Crippen molar-refractivity contribution >= 4 is 11.7 Å². The second-order valence-electron chi connectivity index (χ2n) is 2.77. The number of nitrogens with zero attached hydrogens (tertiary/aromatic N) is 2. The molecule has 0 unspecified atom stereocenters. The van der Waals surface area contributed by atoms with Crippen molar-refractivity contribution in [3.05, 3.63) is 41.4 Å². The third-order valence-electron chi connectivity index (χ3n) is 1.72. The van der Waals surface area contributed by atoms with E-state index in [0.29, 0.717) is 0 Å². The first-order valence-electron chi connectivity index (χ1n) is 4.30.